The fourth-order valence-corrected chi connectivity index (χ4v) is 2.45. The molecule has 3 nitrogen and oxygen atoms in total. The third-order valence-corrected chi connectivity index (χ3v) is 4.14. The van der Waals surface area contributed by atoms with Crippen LogP contribution in [-0.2, 0) is 4.79 Å². The van der Waals surface area contributed by atoms with Crippen molar-refractivity contribution in [1.29, 1.82) is 0 Å². The molecule has 1 amide bonds. The smallest absolute Gasteiger partial charge is 0.239 e. The molecular formula is C17H18Cl2N2O. The molecule has 0 spiro atoms. The first kappa shape index (κ1) is 16.7. The highest BCUT2D eigenvalue weighted by atomic mass is 35.5. The van der Waals surface area contributed by atoms with Gasteiger partial charge in [0.1, 0.15) is 0 Å². The van der Waals surface area contributed by atoms with E-state index in [9.17, 15) is 4.79 Å². The van der Waals surface area contributed by atoms with Crippen LogP contribution >= 0.6 is 23.2 Å². The van der Waals surface area contributed by atoms with Crippen LogP contribution in [0.4, 0.5) is 5.69 Å². The van der Waals surface area contributed by atoms with Gasteiger partial charge in [0.05, 0.1) is 22.6 Å². The van der Waals surface area contributed by atoms with Gasteiger partial charge >= 0.3 is 0 Å². The van der Waals surface area contributed by atoms with Gasteiger partial charge in [0.2, 0.25) is 5.91 Å². The van der Waals surface area contributed by atoms with Gasteiger partial charge in [-0.2, -0.15) is 0 Å². The summed E-state index contributed by atoms with van der Waals surface area (Å²) >= 11 is 11.9. The van der Waals surface area contributed by atoms with Gasteiger partial charge in [0.25, 0.3) is 0 Å². The van der Waals surface area contributed by atoms with Crippen LogP contribution in [0.25, 0.3) is 0 Å². The summed E-state index contributed by atoms with van der Waals surface area (Å²) in [6.07, 6.45) is 0. The summed E-state index contributed by atoms with van der Waals surface area (Å²) in [5.74, 6) is -0.0510. The number of hydrogen-bond donors (Lipinski definition) is 1. The Labute approximate surface area is 140 Å². The molecule has 0 bridgehead atoms. The first-order valence-corrected chi connectivity index (χ1v) is 7.73. The lowest BCUT2D eigenvalue weighted by Crippen LogP contribution is -2.36. The zero-order valence-corrected chi connectivity index (χ0v) is 14.0. The molecule has 1 N–H and O–H groups in total. The van der Waals surface area contributed by atoms with Gasteiger partial charge in [0.15, 0.2) is 0 Å². The number of carbonyl (C=O) groups excluding carboxylic acids is 1. The molecule has 0 heterocycles. The quantitative estimate of drug-likeness (QED) is 0.882. The molecule has 0 aliphatic heterocycles. The number of nitrogens with zero attached hydrogens (tertiary/aromatic N) is 1. The van der Waals surface area contributed by atoms with Crippen molar-refractivity contribution >= 4 is 34.8 Å². The Morgan fingerprint density at radius 1 is 1.14 bits per heavy atom. The Bertz CT molecular complexity index is 646. The standard InChI is InChI=1S/C17H18Cl2N2O/c1-12(13-8-9-15(18)16(19)10-13)20-17(22)11-21(2)14-6-4-3-5-7-14/h3-10,12H,11H2,1-2H3,(H,20,22). The monoisotopic (exact) mass is 336 g/mol. The van der Waals surface area contributed by atoms with E-state index in [4.69, 9.17) is 23.2 Å². The third-order valence-electron chi connectivity index (χ3n) is 3.40. The molecule has 5 heteroatoms. The zero-order valence-electron chi connectivity index (χ0n) is 12.5. The first-order valence-electron chi connectivity index (χ1n) is 6.98. The minimum atomic E-state index is -0.133. The van der Waals surface area contributed by atoms with Crippen LogP contribution in [0.15, 0.2) is 48.5 Å². The molecule has 2 aromatic carbocycles. The van der Waals surface area contributed by atoms with Gasteiger partial charge in [-0.25, -0.2) is 0 Å². The van der Waals surface area contributed by atoms with Crippen molar-refractivity contribution in [3.05, 3.63) is 64.1 Å². The van der Waals surface area contributed by atoms with Gasteiger partial charge in [-0.05, 0) is 36.8 Å². The Morgan fingerprint density at radius 3 is 2.45 bits per heavy atom. The number of anilines is 1. The Kier molecular flexibility index (Phi) is 5.69. The summed E-state index contributed by atoms with van der Waals surface area (Å²) < 4.78 is 0. The number of benzene rings is 2. The van der Waals surface area contributed by atoms with Crippen LogP contribution in [0.1, 0.15) is 18.5 Å². The number of amides is 1. The van der Waals surface area contributed by atoms with Gasteiger partial charge in [-0.3, -0.25) is 4.79 Å². The molecule has 0 aliphatic rings. The second-order valence-electron chi connectivity index (χ2n) is 5.15. The Hall–Kier alpha value is -1.71. The average molecular weight is 337 g/mol. The maximum absolute atomic E-state index is 12.2. The predicted octanol–water partition coefficient (Wildman–Crippen LogP) is 4.31. The van der Waals surface area contributed by atoms with Crippen molar-refractivity contribution in [2.75, 3.05) is 18.5 Å². The van der Waals surface area contributed by atoms with E-state index in [-0.39, 0.29) is 18.5 Å². The summed E-state index contributed by atoms with van der Waals surface area (Å²) in [6, 6.07) is 15.0. The molecule has 2 aromatic rings. The second-order valence-corrected chi connectivity index (χ2v) is 5.97. The Morgan fingerprint density at radius 2 is 1.82 bits per heavy atom. The lowest BCUT2D eigenvalue weighted by atomic mass is 10.1. The van der Waals surface area contributed by atoms with Crippen LogP contribution in [0.2, 0.25) is 10.0 Å². The minimum Gasteiger partial charge on any atom is -0.365 e. The van der Waals surface area contributed by atoms with Crippen LogP contribution in [0.3, 0.4) is 0 Å². The van der Waals surface area contributed by atoms with Gasteiger partial charge in [-0.15, -0.1) is 0 Å². The summed E-state index contributed by atoms with van der Waals surface area (Å²) in [5.41, 5.74) is 1.92. The zero-order chi connectivity index (χ0) is 16.1. The molecule has 1 unspecified atom stereocenters. The van der Waals surface area contributed by atoms with Crippen LogP contribution in [-0.4, -0.2) is 19.5 Å². The van der Waals surface area contributed by atoms with E-state index >= 15 is 0 Å². The summed E-state index contributed by atoms with van der Waals surface area (Å²) in [4.78, 5) is 14.1. The lowest BCUT2D eigenvalue weighted by Gasteiger charge is -2.21. The highest BCUT2D eigenvalue weighted by Crippen LogP contribution is 2.25. The number of nitrogens with one attached hydrogen (secondary N) is 1. The van der Waals surface area contributed by atoms with E-state index in [1.54, 1.807) is 12.1 Å². The van der Waals surface area contributed by atoms with E-state index < -0.39 is 0 Å². The van der Waals surface area contributed by atoms with E-state index in [2.05, 4.69) is 5.32 Å². The maximum atomic E-state index is 12.2. The normalized spacial score (nSPS) is 11.8. The van der Waals surface area contributed by atoms with E-state index in [1.807, 2.05) is 55.3 Å². The van der Waals surface area contributed by atoms with Gasteiger partial charge in [-0.1, -0.05) is 47.5 Å². The molecule has 0 aromatic heterocycles. The highest BCUT2D eigenvalue weighted by molar-refractivity contribution is 6.42. The summed E-state index contributed by atoms with van der Waals surface area (Å²) in [5, 5.41) is 3.96. The number of halogens is 2. The summed E-state index contributed by atoms with van der Waals surface area (Å²) in [7, 11) is 1.89. The molecule has 116 valence electrons. The first-order chi connectivity index (χ1) is 10.5. The SMILES string of the molecule is CC(NC(=O)CN(C)c1ccccc1)c1ccc(Cl)c(Cl)c1. The fourth-order valence-electron chi connectivity index (χ4n) is 2.14. The van der Waals surface area contributed by atoms with Crippen LogP contribution in [0, 0.1) is 0 Å². The molecule has 0 radical (unpaired) electrons. The second kappa shape index (κ2) is 7.52. The van der Waals surface area contributed by atoms with Crippen molar-refractivity contribution in [1.82, 2.24) is 5.32 Å². The van der Waals surface area contributed by atoms with Gasteiger partial charge in [0, 0.05) is 12.7 Å². The van der Waals surface area contributed by atoms with E-state index in [1.165, 1.54) is 0 Å². The Balaban J connectivity index is 1.95. The van der Waals surface area contributed by atoms with Crippen LogP contribution < -0.4 is 10.2 Å². The molecule has 2 rings (SSSR count). The number of likely N-dealkylation sites (N-methyl/N-ethyl adjacent to an activating group) is 1. The molecule has 0 saturated carbocycles. The van der Waals surface area contributed by atoms with Crippen molar-refractivity contribution < 1.29 is 4.79 Å². The number of para-hydroxylation sites is 1. The van der Waals surface area contributed by atoms with Crippen molar-refractivity contribution in [2.45, 2.75) is 13.0 Å². The van der Waals surface area contributed by atoms with E-state index in [0.29, 0.717) is 10.0 Å². The van der Waals surface area contributed by atoms with E-state index in [0.717, 1.165) is 11.3 Å². The van der Waals surface area contributed by atoms with Gasteiger partial charge < -0.3 is 10.2 Å². The molecule has 0 saturated heterocycles. The number of hydrogen-bond acceptors (Lipinski definition) is 2. The van der Waals surface area contributed by atoms with Crippen molar-refractivity contribution in [3.63, 3.8) is 0 Å². The van der Waals surface area contributed by atoms with Crippen LogP contribution in [0.5, 0.6) is 0 Å². The lowest BCUT2D eigenvalue weighted by molar-refractivity contribution is -0.120. The average Bonchev–Trinajstić information content (AvgIpc) is 2.50. The topological polar surface area (TPSA) is 32.3 Å². The minimum absolute atomic E-state index is 0.0510. The number of carbonyl (C=O) groups is 1. The molecule has 0 fully saturated rings. The van der Waals surface area contributed by atoms with Crippen molar-refractivity contribution in [3.8, 4) is 0 Å². The maximum Gasteiger partial charge on any atom is 0.239 e. The van der Waals surface area contributed by atoms with Crippen molar-refractivity contribution in [2.24, 2.45) is 0 Å². The molecular weight excluding hydrogens is 319 g/mol. The predicted molar refractivity (Wildman–Crippen MR) is 92.7 cm³/mol. The largest absolute Gasteiger partial charge is 0.365 e. The molecule has 0 aliphatic carbocycles. The number of rotatable bonds is 5. The fraction of sp³-hybridized carbons (Fsp3) is 0.235. The highest BCUT2D eigenvalue weighted by Gasteiger charge is 2.13. The molecule has 1 atom stereocenters. The third kappa shape index (κ3) is 4.39. The molecule has 22 heavy (non-hydrogen) atoms. The summed E-state index contributed by atoms with van der Waals surface area (Å²) in [6.45, 7) is 2.20.